The summed E-state index contributed by atoms with van der Waals surface area (Å²) in [6, 6.07) is 3.60. The predicted molar refractivity (Wildman–Crippen MR) is 72.3 cm³/mol. The van der Waals surface area contributed by atoms with Crippen LogP contribution in [-0.2, 0) is 0 Å². The van der Waals surface area contributed by atoms with Gasteiger partial charge < -0.3 is 10.4 Å². The molecule has 0 amide bonds. The van der Waals surface area contributed by atoms with Crippen molar-refractivity contribution in [3.63, 3.8) is 0 Å². The van der Waals surface area contributed by atoms with E-state index in [1.54, 1.807) is 6.07 Å². The molecule has 2 atom stereocenters. The Labute approximate surface area is 113 Å². The Hall–Kier alpha value is -1.04. The van der Waals surface area contributed by atoms with Crippen LogP contribution in [0.3, 0.4) is 0 Å². The van der Waals surface area contributed by atoms with Gasteiger partial charge in [0.25, 0.3) is 0 Å². The van der Waals surface area contributed by atoms with Crippen LogP contribution in [0.25, 0.3) is 0 Å². The topological polar surface area (TPSA) is 48.4 Å². The van der Waals surface area contributed by atoms with E-state index in [1.165, 1.54) is 12.3 Å². The van der Waals surface area contributed by atoms with E-state index >= 15 is 0 Å². The van der Waals surface area contributed by atoms with E-state index in [9.17, 15) is 9.50 Å². The fraction of sp³-hybridized carbons (Fsp3) is 0.643. The summed E-state index contributed by atoms with van der Waals surface area (Å²) in [6.45, 7) is 2.22. The standard InChI is InChI=1S/C14H22FN3O/c1-16-13(14-5-4-11(15)9-17-14)6-8-18-7-2-3-12(18)10-19/h4-5,9,12-13,16,19H,2-3,6-8,10H2,1H3. The molecule has 0 spiro atoms. The maximum atomic E-state index is 12.9. The lowest BCUT2D eigenvalue weighted by atomic mass is 10.1. The van der Waals surface area contributed by atoms with Crippen molar-refractivity contribution < 1.29 is 9.50 Å². The lowest BCUT2D eigenvalue weighted by Crippen LogP contribution is -2.34. The average Bonchev–Trinajstić information content (AvgIpc) is 2.89. The molecule has 106 valence electrons. The molecule has 0 saturated carbocycles. The number of pyridine rings is 1. The van der Waals surface area contributed by atoms with Crippen molar-refractivity contribution in [1.82, 2.24) is 15.2 Å². The molecule has 2 N–H and O–H groups in total. The third-order valence-electron chi connectivity index (χ3n) is 3.87. The van der Waals surface area contributed by atoms with Gasteiger partial charge in [-0.05, 0) is 45.0 Å². The van der Waals surface area contributed by atoms with Crippen molar-refractivity contribution in [2.45, 2.75) is 31.3 Å². The summed E-state index contributed by atoms with van der Waals surface area (Å²) in [7, 11) is 1.89. The van der Waals surface area contributed by atoms with Gasteiger partial charge in [-0.15, -0.1) is 0 Å². The van der Waals surface area contributed by atoms with Crippen LogP contribution in [0.15, 0.2) is 18.3 Å². The predicted octanol–water partition coefficient (Wildman–Crippen LogP) is 1.33. The first-order chi connectivity index (χ1) is 9.24. The summed E-state index contributed by atoms with van der Waals surface area (Å²) in [5.74, 6) is -0.307. The zero-order chi connectivity index (χ0) is 13.7. The second-order valence-corrected chi connectivity index (χ2v) is 5.05. The van der Waals surface area contributed by atoms with Crippen LogP contribution in [0.5, 0.6) is 0 Å². The Morgan fingerprint density at radius 3 is 3.05 bits per heavy atom. The number of likely N-dealkylation sites (tertiary alicyclic amines) is 1. The number of rotatable bonds is 6. The molecular weight excluding hydrogens is 245 g/mol. The first-order valence-electron chi connectivity index (χ1n) is 6.88. The molecule has 0 bridgehead atoms. The maximum Gasteiger partial charge on any atom is 0.141 e. The first kappa shape index (κ1) is 14.4. The highest BCUT2D eigenvalue weighted by atomic mass is 19.1. The fourth-order valence-electron chi connectivity index (χ4n) is 2.72. The van der Waals surface area contributed by atoms with E-state index in [2.05, 4.69) is 15.2 Å². The van der Waals surface area contributed by atoms with Crippen LogP contribution in [0, 0.1) is 5.82 Å². The normalized spacial score (nSPS) is 21.7. The van der Waals surface area contributed by atoms with Gasteiger partial charge in [-0.25, -0.2) is 4.39 Å². The van der Waals surface area contributed by atoms with Gasteiger partial charge in [0.1, 0.15) is 5.82 Å². The molecule has 1 aromatic rings. The quantitative estimate of drug-likeness (QED) is 0.816. The molecule has 0 aliphatic carbocycles. The minimum atomic E-state index is -0.307. The molecule has 19 heavy (non-hydrogen) atoms. The molecule has 1 fully saturated rings. The Bertz CT molecular complexity index is 385. The van der Waals surface area contributed by atoms with E-state index in [4.69, 9.17) is 0 Å². The molecule has 1 aromatic heterocycles. The van der Waals surface area contributed by atoms with Gasteiger partial charge in [0.2, 0.25) is 0 Å². The highest BCUT2D eigenvalue weighted by Crippen LogP contribution is 2.20. The van der Waals surface area contributed by atoms with Crippen molar-refractivity contribution in [2.75, 3.05) is 26.7 Å². The maximum absolute atomic E-state index is 12.9. The number of hydrogen-bond donors (Lipinski definition) is 2. The molecule has 2 heterocycles. The van der Waals surface area contributed by atoms with Crippen LogP contribution in [0.4, 0.5) is 4.39 Å². The fourth-order valence-corrected chi connectivity index (χ4v) is 2.72. The summed E-state index contributed by atoms with van der Waals surface area (Å²) in [4.78, 5) is 6.46. The number of aromatic nitrogens is 1. The van der Waals surface area contributed by atoms with Crippen LogP contribution >= 0.6 is 0 Å². The lowest BCUT2D eigenvalue weighted by molar-refractivity contribution is 0.154. The molecular formula is C14H22FN3O. The lowest BCUT2D eigenvalue weighted by Gasteiger charge is -2.25. The molecule has 2 unspecified atom stereocenters. The highest BCUT2D eigenvalue weighted by Gasteiger charge is 2.24. The van der Waals surface area contributed by atoms with Gasteiger partial charge >= 0.3 is 0 Å². The molecule has 1 aliphatic rings. The van der Waals surface area contributed by atoms with E-state index in [1.807, 2.05) is 7.05 Å². The number of aliphatic hydroxyl groups is 1. The molecule has 2 rings (SSSR count). The second-order valence-electron chi connectivity index (χ2n) is 5.05. The Morgan fingerprint density at radius 2 is 2.42 bits per heavy atom. The van der Waals surface area contributed by atoms with Crippen molar-refractivity contribution in [3.8, 4) is 0 Å². The Balaban J connectivity index is 1.90. The van der Waals surface area contributed by atoms with Crippen molar-refractivity contribution in [2.24, 2.45) is 0 Å². The summed E-state index contributed by atoms with van der Waals surface area (Å²) >= 11 is 0. The number of halogens is 1. The minimum absolute atomic E-state index is 0.126. The average molecular weight is 267 g/mol. The third kappa shape index (κ3) is 3.72. The van der Waals surface area contributed by atoms with Gasteiger partial charge in [-0.1, -0.05) is 0 Å². The van der Waals surface area contributed by atoms with Crippen molar-refractivity contribution in [3.05, 3.63) is 29.8 Å². The third-order valence-corrected chi connectivity index (χ3v) is 3.87. The second kappa shape index (κ2) is 6.93. The van der Waals surface area contributed by atoms with Gasteiger partial charge in [0.15, 0.2) is 0 Å². The molecule has 0 radical (unpaired) electrons. The summed E-state index contributed by atoms with van der Waals surface area (Å²) in [5.41, 5.74) is 0.864. The SMILES string of the molecule is CNC(CCN1CCCC1CO)c1ccc(F)cn1. The van der Waals surface area contributed by atoms with E-state index in [0.717, 1.165) is 38.0 Å². The number of nitrogens with one attached hydrogen (secondary N) is 1. The summed E-state index contributed by atoms with van der Waals surface area (Å²) in [6.07, 6.45) is 4.40. The van der Waals surface area contributed by atoms with Crippen LogP contribution < -0.4 is 5.32 Å². The smallest absolute Gasteiger partial charge is 0.141 e. The largest absolute Gasteiger partial charge is 0.395 e. The molecule has 4 nitrogen and oxygen atoms in total. The van der Waals surface area contributed by atoms with Gasteiger partial charge in [-0.3, -0.25) is 9.88 Å². The number of hydrogen-bond acceptors (Lipinski definition) is 4. The first-order valence-corrected chi connectivity index (χ1v) is 6.88. The van der Waals surface area contributed by atoms with Crippen LogP contribution in [0.2, 0.25) is 0 Å². The number of aliphatic hydroxyl groups excluding tert-OH is 1. The minimum Gasteiger partial charge on any atom is -0.395 e. The molecule has 1 aliphatic heterocycles. The Kier molecular flexibility index (Phi) is 5.24. The van der Waals surface area contributed by atoms with Crippen molar-refractivity contribution in [1.29, 1.82) is 0 Å². The van der Waals surface area contributed by atoms with E-state index in [-0.39, 0.29) is 18.5 Å². The van der Waals surface area contributed by atoms with Crippen LogP contribution in [0.1, 0.15) is 31.0 Å². The number of nitrogens with zero attached hydrogens (tertiary/aromatic N) is 2. The van der Waals surface area contributed by atoms with E-state index < -0.39 is 0 Å². The summed E-state index contributed by atoms with van der Waals surface area (Å²) < 4.78 is 12.9. The van der Waals surface area contributed by atoms with E-state index in [0.29, 0.717) is 6.04 Å². The highest BCUT2D eigenvalue weighted by molar-refractivity contribution is 5.09. The molecule has 0 aromatic carbocycles. The Morgan fingerprint density at radius 1 is 1.58 bits per heavy atom. The molecule has 5 heteroatoms. The van der Waals surface area contributed by atoms with Gasteiger partial charge in [-0.2, -0.15) is 0 Å². The molecule has 1 saturated heterocycles. The van der Waals surface area contributed by atoms with Crippen LogP contribution in [-0.4, -0.2) is 47.8 Å². The summed E-state index contributed by atoms with van der Waals surface area (Å²) in [5, 5.41) is 12.5. The van der Waals surface area contributed by atoms with Gasteiger partial charge in [0.05, 0.1) is 24.5 Å². The van der Waals surface area contributed by atoms with Crippen molar-refractivity contribution >= 4 is 0 Å². The monoisotopic (exact) mass is 267 g/mol. The zero-order valence-electron chi connectivity index (χ0n) is 11.3. The zero-order valence-corrected chi connectivity index (χ0v) is 11.3. The van der Waals surface area contributed by atoms with Gasteiger partial charge in [0, 0.05) is 12.6 Å².